The van der Waals surface area contributed by atoms with E-state index in [4.69, 9.17) is 5.73 Å². The molecule has 6 heteroatoms. The van der Waals surface area contributed by atoms with E-state index in [9.17, 15) is 5.11 Å². The van der Waals surface area contributed by atoms with Gasteiger partial charge in [0.25, 0.3) is 0 Å². The molecule has 0 aliphatic carbocycles. The van der Waals surface area contributed by atoms with Gasteiger partial charge in [0.05, 0.1) is 13.2 Å². The number of rotatable bonds is 3. The molecule has 6 nitrogen and oxygen atoms in total. The summed E-state index contributed by atoms with van der Waals surface area (Å²) >= 11 is 0. The molecule has 1 aromatic carbocycles. The highest BCUT2D eigenvalue weighted by Gasteiger charge is 2.12. The van der Waals surface area contributed by atoms with Crippen molar-refractivity contribution in [3.8, 4) is 0 Å². The lowest BCUT2D eigenvalue weighted by molar-refractivity contribution is 0.176. The maximum atomic E-state index is 9.94. The predicted molar refractivity (Wildman–Crippen MR) is 58.3 cm³/mol. The summed E-state index contributed by atoms with van der Waals surface area (Å²) in [5, 5.41) is 21.5. The number of hydrogen-bond acceptors (Lipinski definition) is 5. The highest BCUT2D eigenvalue weighted by atomic mass is 16.3. The van der Waals surface area contributed by atoms with Gasteiger partial charge in [-0.25, -0.2) is 0 Å². The second-order valence-corrected chi connectivity index (χ2v) is 3.59. The van der Waals surface area contributed by atoms with Crippen LogP contribution in [0.2, 0.25) is 0 Å². The summed E-state index contributed by atoms with van der Waals surface area (Å²) < 4.78 is 0. The highest BCUT2D eigenvalue weighted by molar-refractivity contribution is 5.41. The van der Waals surface area contributed by atoms with Crippen molar-refractivity contribution in [2.24, 2.45) is 7.05 Å². The maximum absolute atomic E-state index is 9.94. The Morgan fingerprint density at radius 2 is 2.31 bits per heavy atom. The van der Waals surface area contributed by atoms with Crippen LogP contribution in [0.5, 0.6) is 0 Å². The number of nitrogen functional groups attached to an aromatic ring is 1. The molecule has 0 fully saturated rings. The van der Waals surface area contributed by atoms with E-state index in [2.05, 4.69) is 15.4 Å². The largest absolute Gasteiger partial charge is 0.399 e. The van der Waals surface area contributed by atoms with E-state index in [0.717, 1.165) is 5.56 Å². The van der Waals surface area contributed by atoms with Crippen LogP contribution in [0.3, 0.4) is 0 Å². The van der Waals surface area contributed by atoms with Gasteiger partial charge in [-0.3, -0.25) is 0 Å². The Morgan fingerprint density at radius 1 is 1.50 bits per heavy atom. The van der Waals surface area contributed by atoms with Crippen molar-refractivity contribution >= 4 is 5.69 Å². The topological polar surface area (TPSA) is 89.8 Å². The van der Waals surface area contributed by atoms with Crippen molar-refractivity contribution in [2.75, 3.05) is 5.73 Å². The van der Waals surface area contributed by atoms with Crippen LogP contribution in [0.25, 0.3) is 0 Å². The summed E-state index contributed by atoms with van der Waals surface area (Å²) in [5.74, 6) is 0.512. The fourth-order valence-corrected chi connectivity index (χ4v) is 1.46. The number of aryl methyl sites for hydroxylation is 1. The predicted octanol–water partition coefficient (Wildman–Crippen LogP) is 0.0684. The van der Waals surface area contributed by atoms with Crippen molar-refractivity contribution in [2.45, 2.75) is 12.5 Å². The normalized spacial score (nSPS) is 12.6. The van der Waals surface area contributed by atoms with Gasteiger partial charge in [0.1, 0.15) is 0 Å². The number of benzene rings is 1. The number of aliphatic hydroxyl groups excluding tert-OH is 1. The molecule has 0 radical (unpaired) electrons. The van der Waals surface area contributed by atoms with Crippen molar-refractivity contribution in [3.63, 3.8) is 0 Å². The maximum Gasteiger partial charge on any atom is 0.177 e. The van der Waals surface area contributed by atoms with Crippen LogP contribution in [0, 0.1) is 0 Å². The molecule has 1 unspecified atom stereocenters. The molecule has 0 aliphatic rings. The van der Waals surface area contributed by atoms with Gasteiger partial charge in [-0.05, 0) is 22.9 Å². The van der Waals surface area contributed by atoms with Gasteiger partial charge in [-0.2, -0.15) is 4.80 Å². The quantitative estimate of drug-likeness (QED) is 0.713. The highest BCUT2D eigenvalue weighted by Crippen LogP contribution is 2.18. The molecule has 16 heavy (non-hydrogen) atoms. The van der Waals surface area contributed by atoms with Gasteiger partial charge in [-0.15, -0.1) is 10.2 Å². The lowest BCUT2D eigenvalue weighted by Crippen LogP contribution is -2.04. The van der Waals surface area contributed by atoms with E-state index in [1.165, 1.54) is 4.80 Å². The van der Waals surface area contributed by atoms with Crippen LogP contribution in [-0.2, 0) is 13.5 Å². The van der Waals surface area contributed by atoms with E-state index in [-0.39, 0.29) is 0 Å². The minimum atomic E-state index is -0.660. The molecule has 0 aliphatic heterocycles. The third-order valence-corrected chi connectivity index (χ3v) is 2.22. The smallest absolute Gasteiger partial charge is 0.177 e. The Hall–Kier alpha value is -1.95. The summed E-state index contributed by atoms with van der Waals surface area (Å²) in [4.78, 5) is 1.36. The van der Waals surface area contributed by atoms with Crippen molar-refractivity contribution in [1.82, 2.24) is 20.2 Å². The van der Waals surface area contributed by atoms with Crippen LogP contribution in [0.1, 0.15) is 17.5 Å². The number of nitrogens with zero attached hydrogens (tertiary/aromatic N) is 4. The van der Waals surface area contributed by atoms with Crippen LogP contribution in [0.4, 0.5) is 5.69 Å². The van der Waals surface area contributed by atoms with Gasteiger partial charge >= 0.3 is 0 Å². The van der Waals surface area contributed by atoms with Crippen molar-refractivity contribution in [3.05, 3.63) is 35.7 Å². The third kappa shape index (κ3) is 2.34. The molecular formula is C10H13N5O. The van der Waals surface area contributed by atoms with Crippen LogP contribution < -0.4 is 5.73 Å². The molecule has 0 bridgehead atoms. The molecule has 2 rings (SSSR count). The van der Waals surface area contributed by atoms with E-state index in [1.807, 2.05) is 6.07 Å². The molecule has 0 spiro atoms. The number of tetrazole rings is 1. The average molecular weight is 219 g/mol. The standard InChI is InChI=1S/C10H13N5O/c1-15-13-10(12-14-15)6-9(16)7-3-2-4-8(11)5-7/h2-5,9,16H,6,11H2,1H3. The average Bonchev–Trinajstić information content (AvgIpc) is 2.64. The number of aromatic nitrogens is 4. The molecule has 1 aromatic heterocycles. The molecule has 84 valence electrons. The SMILES string of the molecule is Cn1nnc(CC(O)c2cccc(N)c2)n1. The summed E-state index contributed by atoms with van der Waals surface area (Å²) in [6, 6.07) is 7.13. The summed E-state index contributed by atoms with van der Waals surface area (Å²) in [7, 11) is 1.68. The summed E-state index contributed by atoms with van der Waals surface area (Å²) in [5.41, 5.74) is 7.02. The van der Waals surface area contributed by atoms with Crippen molar-refractivity contribution in [1.29, 1.82) is 0 Å². The fraction of sp³-hybridized carbons (Fsp3) is 0.300. The zero-order valence-corrected chi connectivity index (χ0v) is 8.91. The Bertz CT molecular complexity index is 482. The van der Waals surface area contributed by atoms with Gasteiger partial charge in [0.2, 0.25) is 0 Å². The van der Waals surface area contributed by atoms with E-state index in [1.54, 1.807) is 25.2 Å². The van der Waals surface area contributed by atoms with Crippen LogP contribution in [-0.4, -0.2) is 25.3 Å². The molecule has 1 atom stereocenters. The van der Waals surface area contributed by atoms with Crippen LogP contribution in [0.15, 0.2) is 24.3 Å². The molecular weight excluding hydrogens is 206 g/mol. The lowest BCUT2D eigenvalue weighted by atomic mass is 10.1. The zero-order chi connectivity index (χ0) is 11.5. The van der Waals surface area contributed by atoms with Crippen LogP contribution >= 0.6 is 0 Å². The Balaban J connectivity index is 2.11. The fourth-order valence-electron chi connectivity index (χ4n) is 1.46. The Morgan fingerprint density at radius 3 is 2.94 bits per heavy atom. The molecule has 2 aromatic rings. The molecule has 3 N–H and O–H groups in total. The van der Waals surface area contributed by atoms with E-state index < -0.39 is 6.10 Å². The first-order valence-electron chi connectivity index (χ1n) is 4.91. The molecule has 0 amide bonds. The van der Waals surface area contributed by atoms with Gasteiger partial charge in [0.15, 0.2) is 5.82 Å². The minimum absolute atomic E-state index is 0.331. The monoisotopic (exact) mass is 219 g/mol. The molecule has 0 saturated carbocycles. The summed E-state index contributed by atoms with van der Waals surface area (Å²) in [6.07, 6.45) is -0.329. The Labute approximate surface area is 92.7 Å². The molecule has 0 saturated heterocycles. The second kappa shape index (κ2) is 4.28. The van der Waals surface area contributed by atoms with Gasteiger partial charge in [0, 0.05) is 12.1 Å². The Kier molecular flexibility index (Phi) is 2.82. The van der Waals surface area contributed by atoms with E-state index in [0.29, 0.717) is 17.9 Å². The van der Waals surface area contributed by atoms with Crippen molar-refractivity contribution < 1.29 is 5.11 Å². The number of aliphatic hydroxyl groups is 1. The van der Waals surface area contributed by atoms with Gasteiger partial charge in [-0.1, -0.05) is 12.1 Å². The van der Waals surface area contributed by atoms with Gasteiger partial charge < -0.3 is 10.8 Å². The zero-order valence-electron chi connectivity index (χ0n) is 8.91. The third-order valence-electron chi connectivity index (χ3n) is 2.22. The summed E-state index contributed by atoms with van der Waals surface area (Å²) in [6.45, 7) is 0. The number of hydrogen-bond donors (Lipinski definition) is 2. The first kappa shape index (κ1) is 10.6. The van der Waals surface area contributed by atoms with E-state index >= 15 is 0 Å². The minimum Gasteiger partial charge on any atom is -0.399 e. The first-order chi connectivity index (χ1) is 7.65. The number of nitrogens with two attached hydrogens (primary N) is 1. The second-order valence-electron chi connectivity index (χ2n) is 3.59. The molecule has 1 heterocycles. The first-order valence-corrected chi connectivity index (χ1v) is 4.91. The number of anilines is 1. The lowest BCUT2D eigenvalue weighted by Gasteiger charge is -2.08.